The van der Waals surface area contributed by atoms with Crippen molar-refractivity contribution in [2.75, 3.05) is 13.2 Å². The van der Waals surface area contributed by atoms with E-state index in [9.17, 15) is 35.1 Å². The summed E-state index contributed by atoms with van der Waals surface area (Å²) in [6.07, 6.45) is 55.0. The number of carbonyl (C=O) groups excluding carboxylic acids is 2. The zero-order valence-corrected chi connectivity index (χ0v) is 50.1. The SMILES string of the molecule is CCCCC/C=C\C/C=C\CCCCCCCCCCCCCCCCCCCC(=O)OC1C(OCC(NC(=O)C(O)CCCCCCCCCCCC)C(O)/C=C/CCCCCCCCCCC)OC(CO)C(O)C1O. The number of allylic oxidation sites excluding steroid dienone is 5. The van der Waals surface area contributed by atoms with Crippen LogP contribution >= 0.6 is 0 Å². The highest BCUT2D eigenvalue weighted by molar-refractivity contribution is 5.80. The lowest BCUT2D eigenvalue weighted by Crippen LogP contribution is -2.61. The highest BCUT2D eigenvalue weighted by Gasteiger charge is 2.47. The number of ether oxygens (including phenoxy) is 3. The van der Waals surface area contributed by atoms with E-state index in [1.807, 2.05) is 6.08 Å². The Morgan fingerprint density at radius 3 is 1.35 bits per heavy atom. The van der Waals surface area contributed by atoms with Gasteiger partial charge in [0.25, 0.3) is 0 Å². The monoisotopic (exact) mass is 1090 g/mol. The van der Waals surface area contributed by atoms with Crippen LogP contribution in [0.4, 0.5) is 0 Å². The predicted molar refractivity (Wildman–Crippen MR) is 320 cm³/mol. The van der Waals surface area contributed by atoms with Crippen LogP contribution in [0.25, 0.3) is 0 Å². The summed E-state index contributed by atoms with van der Waals surface area (Å²) < 4.78 is 17.6. The zero-order valence-electron chi connectivity index (χ0n) is 50.1. The molecule has 0 aromatic carbocycles. The van der Waals surface area contributed by atoms with Gasteiger partial charge in [-0.3, -0.25) is 9.59 Å². The fraction of sp³-hybridized carbons (Fsp3) is 0.879. The molecule has 1 rings (SSSR count). The summed E-state index contributed by atoms with van der Waals surface area (Å²) in [4.78, 5) is 26.5. The first-order chi connectivity index (χ1) is 37.7. The molecule has 1 heterocycles. The molecule has 0 aliphatic carbocycles. The second-order valence-corrected chi connectivity index (χ2v) is 22.9. The number of esters is 1. The van der Waals surface area contributed by atoms with Crippen molar-refractivity contribution in [3.8, 4) is 0 Å². The third-order valence-electron chi connectivity index (χ3n) is 15.5. The highest BCUT2D eigenvalue weighted by atomic mass is 16.7. The maximum absolute atomic E-state index is 13.3. The third-order valence-corrected chi connectivity index (χ3v) is 15.5. The molecular formula is C66H123NO10. The molecule has 8 unspecified atom stereocenters. The van der Waals surface area contributed by atoms with Crippen LogP contribution in [-0.4, -0.2) is 99.6 Å². The Hall–Kier alpha value is -2.12. The van der Waals surface area contributed by atoms with Gasteiger partial charge >= 0.3 is 5.97 Å². The Morgan fingerprint density at radius 1 is 0.506 bits per heavy atom. The molecule has 1 amide bonds. The van der Waals surface area contributed by atoms with Crippen molar-refractivity contribution in [1.82, 2.24) is 5.32 Å². The van der Waals surface area contributed by atoms with Crippen molar-refractivity contribution in [2.45, 2.75) is 359 Å². The number of nitrogens with one attached hydrogen (secondary N) is 1. The fourth-order valence-electron chi connectivity index (χ4n) is 10.3. The quantitative estimate of drug-likeness (QED) is 0.0195. The third kappa shape index (κ3) is 42.4. The molecule has 1 saturated heterocycles. The number of amides is 1. The number of hydrogen-bond acceptors (Lipinski definition) is 10. The Balaban J connectivity index is 2.49. The molecule has 0 bridgehead atoms. The van der Waals surface area contributed by atoms with Gasteiger partial charge < -0.3 is 45.1 Å². The lowest BCUT2D eigenvalue weighted by atomic mass is 9.99. The summed E-state index contributed by atoms with van der Waals surface area (Å²) in [5.74, 6) is -1.18. The highest BCUT2D eigenvalue weighted by Crippen LogP contribution is 2.26. The van der Waals surface area contributed by atoms with Crippen molar-refractivity contribution >= 4 is 11.9 Å². The molecule has 0 radical (unpaired) electrons. The summed E-state index contributed by atoms with van der Waals surface area (Å²) >= 11 is 0. The van der Waals surface area contributed by atoms with Crippen LogP contribution in [-0.2, 0) is 23.8 Å². The van der Waals surface area contributed by atoms with E-state index in [1.165, 1.54) is 199 Å². The average molecular weight is 1090 g/mol. The van der Waals surface area contributed by atoms with Gasteiger partial charge in [0.2, 0.25) is 5.91 Å². The minimum atomic E-state index is -1.61. The molecular weight excluding hydrogens is 967 g/mol. The van der Waals surface area contributed by atoms with Crippen molar-refractivity contribution in [3.05, 3.63) is 36.5 Å². The number of aliphatic hydroxyl groups is 5. The van der Waals surface area contributed by atoms with Crippen LogP contribution in [0, 0.1) is 0 Å². The molecule has 0 spiro atoms. The van der Waals surface area contributed by atoms with Crippen LogP contribution in [0.15, 0.2) is 36.5 Å². The minimum absolute atomic E-state index is 0.128. The van der Waals surface area contributed by atoms with Gasteiger partial charge in [-0.25, -0.2) is 0 Å². The number of aliphatic hydroxyl groups excluding tert-OH is 5. The number of hydrogen-bond donors (Lipinski definition) is 6. The summed E-state index contributed by atoms with van der Waals surface area (Å²) in [6, 6.07) is -1.02. The molecule has 1 fully saturated rings. The first-order valence-corrected chi connectivity index (χ1v) is 32.8. The van der Waals surface area contributed by atoms with Gasteiger partial charge in [0, 0.05) is 6.42 Å². The molecule has 6 N–H and O–H groups in total. The molecule has 1 aliphatic heterocycles. The molecule has 11 nitrogen and oxygen atoms in total. The lowest BCUT2D eigenvalue weighted by molar-refractivity contribution is -0.305. The Labute approximate surface area is 473 Å². The number of unbranched alkanes of at least 4 members (excludes halogenated alkanes) is 38. The van der Waals surface area contributed by atoms with Crippen LogP contribution in [0.3, 0.4) is 0 Å². The van der Waals surface area contributed by atoms with Crippen LogP contribution in [0.2, 0.25) is 0 Å². The van der Waals surface area contributed by atoms with E-state index in [1.54, 1.807) is 6.08 Å². The van der Waals surface area contributed by atoms with Gasteiger partial charge in [-0.05, 0) is 57.8 Å². The van der Waals surface area contributed by atoms with Gasteiger partial charge in [-0.15, -0.1) is 0 Å². The Morgan fingerprint density at radius 2 is 0.896 bits per heavy atom. The molecule has 8 atom stereocenters. The standard InChI is InChI=1S/C66H123NO10/c1-4-7-10-13-16-19-22-23-24-25-26-27-28-29-30-31-32-33-34-35-36-37-39-42-45-48-51-54-61(71)77-64-63(73)62(72)60(55-68)76-66(64)75-56-57(58(69)52-49-46-43-41-38-20-17-14-11-8-5-2)67-65(74)59(70)53-50-47-44-40-21-18-15-12-9-6-3/h16,19,23-24,49,52,57-60,62-64,66,68-70,72-73H,4-15,17-18,20-22,25-48,50-51,53-56H2,1-3H3,(H,67,74)/b19-16-,24-23-,52-49+. The predicted octanol–water partition coefficient (Wildman–Crippen LogP) is 15.8. The molecule has 0 saturated carbocycles. The van der Waals surface area contributed by atoms with E-state index in [2.05, 4.69) is 50.4 Å². The maximum Gasteiger partial charge on any atom is 0.306 e. The molecule has 0 aromatic heterocycles. The van der Waals surface area contributed by atoms with Gasteiger partial charge in [-0.2, -0.15) is 0 Å². The second kappa shape index (κ2) is 54.5. The first kappa shape index (κ1) is 72.9. The summed E-state index contributed by atoms with van der Waals surface area (Å²) in [6.45, 7) is 5.76. The smallest absolute Gasteiger partial charge is 0.306 e. The average Bonchev–Trinajstić information content (AvgIpc) is 3.43. The van der Waals surface area contributed by atoms with E-state index < -0.39 is 67.4 Å². The van der Waals surface area contributed by atoms with Gasteiger partial charge in [0.15, 0.2) is 12.4 Å². The van der Waals surface area contributed by atoms with Crippen LogP contribution in [0.1, 0.15) is 310 Å². The summed E-state index contributed by atoms with van der Waals surface area (Å²) in [5, 5.41) is 56.9. The van der Waals surface area contributed by atoms with Crippen molar-refractivity contribution in [1.29, 1.82) is 0 Å². The van der Waals surface area contributed by atoms with Crippen LogP contribution in [0.5, 0.6) is 0 Å². The molecule has 452 valence electrons. The topological polar surface area (TPSA) is 175 Å². The fourth-order valence-corrected chi connectivity index (χ4v) is 10.3. The zero-order chi connectivity index (χ0) is 56.1. The second-order valence-electron chi connectivity index (χ2n) is 22.9. The van der Waals surface area contributed by atoms with Gasteiger partial charge in [-0.1, -0.05) is 282 Å². The van der Waals surface area contributed by atoms with E-state index in [4.69, 9.17) is 14.2 Å². The Bertz CT molecular complexity index is 1390. The molecule has 1 aliphatic rings. The summed E-state index contributed by atoms with van der Waals surface area (Å²) in [7, 11) is 0. The first-order valence-electron chi connectivity index (χ1n) is 32.8. The van der Waals surface area contributed by atoms with E-state index in [-0.39, 0.29) is 13.0 Å². The van der Waals surface area contributed by atoms with Crippen LogP contribution < -0.4 is 5.32 Å². The van der Waals surface area contributed by atoms with Crippen molar-refractivity contribution < 1.29 is 49.3 Å². The lowest BCUT2D eigenvalue weighted by Gasteiger charge is -2.41. The largest absolute Gasteiger partial charge is 0.454 e. The number of carbonyl (C=O) groups is 2. The molecule has 11 heteroatoms. The van der Waals surface area contributed by atoms with E-state index >= 15 is 0 Å². The van der Waals surface area contributed by atoms with E-state index in [0.717, 1.165) is 64.2 Å². The minimum Gasteiger partial charge on any atom is -0.454 e. The van der Waals surface area contributed by atoms with Gasteiger partial charge in [0.1, 0.15) is 24.4 Å². The maximum atomic E-state index is 13.3. The molecule has 0 aromatic rings. The normalized spacial score (nSPS) is 19.2. The number of rotatable bonds is 56. The molecule has 77 heavy (non-hydrogen) atoms. The van der Waals surface area contributed by atoms with Gasteiger partial charge in [0.05, 0.1) is 25.4 Å². The summed E-state index contributed by atoms with van der Waals surface area (Å²) in [5.41, 5.74) is 0. The van der Waals surface area contributed by atoms with Crippen molar-refractivity contribution in [3.63, 3.8) is 0 Å². The van der Waals surface area contributed by atoms with Crippen molar-refractivity contribution in [2.24, 2.45) is 0 Å². The van der Waals surface area contributed by atoms with E-state index in [0.29, 0.717) is 19.3 Å². The Kier molecular flexibility index (Phi) is 51.6.